The standard InChI is InChI=1S/C17H22FN3/c1-3-9-19-12-15-16(18)7-4-8-17(15)21(2)13-14-6-5-10-20-11-14/h4-8,10-11,19H,3,9,12-13H2,1-2H3. The third-order valence-corrected chi connectivity index (χ3v) is 3.38. The molecule has 4 heteroatoms. The van der Waals surface area contributed by atoms with Crippen LogP contribution in [-0.2, 0) is 13.1 Å². The zero-order chi connectivity index (χ0) is 15.1. The van der Waals surface area contributed by atoms with Crippen LogP contribution in [-0.4, -0.2) is 18.6 Å². The summed E-state index contributed by atoms with van der Waals surface area (Å²) in [6.45, 7) is 4.25. The molecule has 0 aliphatic carbocycles. The molecule has 2 rings (SSSR count). The first-order valence-corrected chi connectivity index (χ1v) is 7.30. The lowest BCUT2D eigenvalue weighted by molar-refractivity contribution is 0.585. The van der Waals surface area contributed by atoms with E-state index >= 15 is 0 Å². The first-order valence-electron chi connectivity index (χ1n) is 7.30. The van der Waals surface area contributed by atoms with Gasteiger partial charge < -0.3 is 10.2 Å². The first-order chi connectivity index (χ1) is 10.2. The van der Waals surface area contributed by atoms with E-state index in [1.807, 2.05) is 31.4 Å². The molecular formula is C17H22FN3. The highest BCUT2D eigenvalue weighted by Crippen LogP contribution is 2.23. The van der Waals surface area contributed by atoms with Gasteiger partial charge in [-0.05, 0) is 36.7 Å². The molecule has 0 unspecified atom stereocenters. The molecule has 0 aliphatic heterocycles. The van der Waals surface area contributed by atoms with E-state index < -0.39 is 0 Å². The lowest BCUT2D eigenvalue weighted by Gasteiger charge is -2.23. The van der Waals surface area contributed by atoms with Crippen LogP contribution in [0.15, 0.2) is 42.7 Å². The molecule has 3 nitrogen and oxygen atoms in total. The second-order valence-electron chi connectivity index (χ2n) is 5.13. The molecule has 1 aromatic carbocycles. The van der Waals surface area contributed by atoms with Crippen LogP contribution in [0.25, 0.3) is 0 Å². The van der Waals surface area contributed by atoms with Crippen LogP contribution >= 0.6 is 0 Å². The van der Waals surface area contributed by atoms with Crippen LogP contribution in [0.1, 0.15) is 24.5 Å². The molecule has 0 bridgehead atoms. The summed E-state index contributed by atoms with van der Waals surface area (Å²) in [5, 5.41) is 3.27. The Labute approximate surface area is 125 Å². The van der Waals surface area contributed by atoms with E-state index in [1.165, 1.54) is 6.07 Å². The van der Waals surface area contributed by atoms with E-state index in [1.54, 1.807) is 12.3 Å². The Morgan fingerprint density at radius 1 is 1.24 bits per heavy atom. The number of nitrogens with zero attached hydrogens (tertiary/aromatic N) is 2. The highest BCUT2D eigenvalue weighted by Gasteiger charge is 2.12. The van der Waals surface area contributed by atoms with Gasteiger partial charge in [-0.2, -0.15) is 0 Å². The average Bonchev–Trinajstić information content (AvgIpc) is 2.50. The molecule has 0 saturated heterocycles. The Morgan fingerprint density at radius 3 is 2.81 bits per heavy atom. The van der Waals surface area contributed by atoms with Gasteiger partial charge in [-0.1, -0.05) is 19.1 Å². The normalized spacial score (nSPS) is 10.6. The number of hydrogen-bond donors (Lipinski definition) is 1. The van der Waals surface area contributed by atoms with Crippen molar-refractivity contribution in [2.24, 2.45) is 0 Å². The zero-order valence-corrected chi connectivity index (χ0v) is 12.6. The molecule has 0 radical (unpaired) electrons. The SMILES string of the molecule is CCCNCc1c(F)cccc1N(C)Cc1cccnc1. The highest BCUT2D eigenvalue weighted by atomic mass is 19.1. The van der Waals surface area contributed by atoms with Gasteiger partial charge in [0.05, 0.1) is 0 Å². The maximum absolute atomic E-state index is 14.1. The molecule has 0 saturated carbocycles. The smallest absolute Gasteiger partial charge is 0.129 e. The summed E-state index contributed by atoms with van der Waals surface area (Å²) in [5.41, 5.74) is 2.75. The number of anilines is 1. The summed E-state index contributed by atoms with van der Waals surface area (Å²) in [5.74, 6) is -0.158. The number of rotatable bonds is 7. The quantitative estimate of drug-likeness (QED) is 0.792. The number of nitrogens with one attached hydrogen (secondary N) is 1. The minimum absolute atomic E-state index is 0.158. The van der Waals surface area contributed by atoms with Gasteiger partial charge in [0.25, 0.3) is 0 Å². The minimum atomic E-state index is -0.158. The van der Waals surface area contributed by atoms with E-state index in [-0.39, 0.29) is 5.82 Å². The van der Waals surface area contributed by atoms with Gasteiger partial charge in [0.2, 0.25) is 0 Å². The van der Waals surface area contributed by atoms with Gasteiger partial charge in [-0.15, -0.1) is 0 Å². The van der Waals surface area contributed by atoms with Crippen molar-refractivity contribution in [3.8, 4) is 0 Å². The first kappa shape index (κ1) is 15.4. The van der Waals surface area contributed by atoms with Crippen LogP contribution in [0.4, 0.5) is 10.1 Å². The van der Waals surface area contributed by atoms with Crippen molar-refractivity contribution >= 4 is 5.69 Å². The van der Waals surface area contributed by atoms with Crippen molar-refractivity contribution in [1.29, 1.82) is 0 Å². The van der Waals surface area contributed by atoms with Gasteiger partial charge in [0.1, 0.15) is 5.82 Å². The zero-order valence-electron chi connectivity index (χ0n) is 12.6. The fourth-order valence-electron chi connectivity index (χ4n) is 2.32. The Hall–Kier alpha value is -1.94. The average molecular weight is 287 g/mol. The van der Waals surface area contributed by atoms with Crippen molar-refractivity contribution in [3.05, 3.63) is 59.7 Å². The summed E-state index contributed by atoms with van der Waals surface area (Å²) in [6, 6.07) is 9.18. The summed E-state index contributed by atoms with van der Waals surface area (Å²) < 4.78 is 14.1. The predicted octanol–water partition coefficient (Wildman–Crippen LogP) is 3.36. The summed E-state index contributed by atoms with van der Waals surface area (Å²) >= 11 is 0. The molecule has 21 heavy (non-hydrogen) atoms. The highest BCUT2D eigenvalue weighted by molar-refractivity contribution is 5.54. The second-order valence-corrected chi connectivity index (χ2v) is 5.13. The summed E-state index contributed by atoms with van der Waals surface area (Å²) in [6.07, 6.45) is 4.63. The van der Waals surface area contributed by atoms with E-state index in [4.69, 9.17) is 0 Å². The maximum atomic E-state index is 14.1. The second kappa shape index (κ2) is 7.74. The molecule has 1 aromatic heterocycles. The van der Waals surface area contributed by atoms with E-state index in [2.05, 4.69) is 22.1 Å². The van der Waals surface area contributed by atoms with Gasteiger partial charge >= 0.3 is 0 Å². The molecular weight excluding hydrogens is 265 g/mol. The van der Waals surface area contributed by atoms with Crippen molar-refractivity contribution in [2.75, 3.05) is 18.5 Å². The van der Waals surface area contributed by atoms with Gasteiger partial charge in [-0.3, -0.25) is 4.98 Å². The lowest BCUT2D eigenvalue weighted by Crippen LogP contribution is -2.22. The molecule has 1 N–H and O–H groups in total. The molecule has 0 spiro atoms. The van der Waals surface area contributed by atoms with E-state index in [0.29, 0.717) is 13.1 Å². The lowest BCUT2D eigenvalue weighted by atomic mass is 10.1. The van der Waals surface area contributed by atoms with Crippen LogP contribution < -0.4 is 10.2 Å². The van der Waals surface area contributed by atoms with Crippen LogP contribution in [0.3, 0.4) is 0 Å². The number of hydrogen-bond acceptors (Lipinski definition) is 3. The van der Waals surface area contributed by atoms with Crippen LogP contribution in [0, 0.1) is 5.82 Å². The topological polar surface area (TPSA) is 28.2 Å². The van der Waals surface area contributed by atoms with Crippen LogP contribution in [0.2, 0.25) is 0 Å². The van der Waals surface area contributed by atoms with Crippen LogP contribution in [0.5, 0.6) is 0 Å². The van der Waals surface area contributed by atoms with Gasteiger partial charge in [0.15, 0.2) is 0 Å². The fourth-order valence-corrected chi connectivity index (χ4v) is 2.32. The van der Waals surface area contributed by atoms with E-state index in [0.717, 1.165) is 29.8 Å². The largest absolute Gasteiger partial charge is 0.370 e. The number of halogens is 1. The molecule has 0 fully saturated rings. The Bertz CT molecular complexity index is 557. The predicted molar refractivity (Wildman–Crippen MR) is 84.7 cm³/mol. The Morgan fingerprint density at radius 2 is 2.10 bits per heavy atom. The number of benzene rings is 1. The van der Waals surface area contributed by atoms with Crippen molar-refractivity contribution < 1.29 is 4.39 Å². The third-order valence-electron chi connectivity index (χ3n) is 3.38. The minimum Gasteiger partial charge on any atom is -0.370 e. The molecule has 0 amide bonds. The molecule has 0 aliphatic rings. The fraction of sp³-hybridized carbons (Fsp3) is 0.353. The summed E-state index contributed by atoms with van der Waals surface area (Å²) in [4.78, 5) is 6.18. The molecule has 2 aromatic rings. The number of aromatic nitrogens is 1. The Balaban J connectivity index is 2.15. The van der Waals surface area contributed by atoms with Crippen molar-refractivity contribution in [3.63, 3.8) is 0 Å². The maximum Gasteiger partial charge on any atom is 0.129 e. The molecule has 1 heterocycles. The monoisotopic (exact) mass is 287 g/mol. The Kier molecular flexibility index (Phi) is 5.69. The van der Waals surface area contributed by atoms with Crippen molar-refractivity contribution in [2.45, 2.75) is 26.4 Å². The van der Waals surface area contributed by atoms with Gasteiger partial charge in [0, 0.05) is 43.8 Å². The molecule has 112 valence electrons. The van der Waals surface area contributed by atoms with E-state index in [9.17, 15) is 4.39 Å². The molecule has 0 atom stereocenters. The summed E-state index contributed by atoms with van der Waals surface area (Å²) in [7, 11) is 1.98. The number of pyridine rings is 1. The third kappa shape index (κ3) is 4.26. The van der Waals surface area contributed by atoms with Gasteiger partial charge in [-0.25, -0.2) is 4.39 Å². The van der Waals surface area contributed by atoms with Crippen molar-refractivity contribution in [1.82, 2.24) is 10.3 Å².